The molecule has 0 saturated carbocycles. The standard InChI is InChI=1S/C18H13NO2.FH/c20-18-14(15-7-3-4-10-19-15)11-21-16-9-8-12-5-1-2-6-13(12)17(16)18;/h1-11,18,20H;1H. The van der Waals surface area contributed by atoms with Gasteiger partial charge in [-0.2, -0.15) is 0 Å². The molecule has 1 aromatic heterocycles. The van der Waals surface area contributed by atoms with Crippen LogP contribution in [0.5, 0.6) is 5.75 Å². The van der Waals surface area contributed by atoms with Gasteiger partial charge in [-0.1, -0.05) is 36.4 Å². The number of rotatable bonds is 1. The molecule has 4 heteroatoms. The van der Waals surface area contributed by atoms with Crippen LogP contribution in [0.15, 0.2) is 67.1 Å². The molecule has 1 atom stereocenters. The van der Waals surface area contributed by atoms with Crippen LogP contribution in [0.2, 0.25) is 0 Å². The van der Waals surface area contributed by atoms with Crippen molar-refractivity contribution in [3.63, 3.8) is 0 Å². The zero-order chi connectivity index (χ0) is 14.2. The van der Waals surface area contributed by atoms with E-state index in [1.807, 2.05) is 54.6 Å². The first-order valence-corrected chi connectivity index (χ1v) is 6.82. The molecule has 1 aliphatic heterocycles. The maximum Gasteiger partial charge on any atom is 0.133 e. The van der Waals surface area contributed by atoms with Crippen molar-refractivity contribution in [3.8, 4) is 5.75 Å². The van der Waals surface area contributed by atoms with E-state index in [4.69, 9.17) is 4.74 Å². The molecular formula is C18H14FNO2. The van der Waals surface area contributed by atoms with E-state index in [0.717, 1.165) is 22.0 Å². The first-order valence-electron chi connectivity index (χ1n) is 6.82. The number of ether oxygens (including phenoxy) is 1. The molecule has 110 valence electrons. The van der Waals surface area contributed by atoms with Crippen LogP contribution in [0, 0.1) is 0 Å². The lowest BCUT2D eigenvalue weighted by molar-refractivity contribution is 0.225. The minimum atomic E-state index is -0.741. The number of hydrogen-bond donors (Lipinski definition) is 1. The van der Waals surface area contributed by atoms with Crippen LogP contribution in [0.25, 0.3) is 16.3 Å². The third-order valence-corrected chi connectivity index (χ3v) is 3.77. The minimum absolute atomic E-state index is 0. The number of aliphatic hydroxyl groups excluding tert-OH is 1. The summed E-state index contributed by atoms with van der Waals surface area (Å²) in [6, 6.07) is 17.5. The van der Waals surface area contributed by atoms with Gasteiger partial charge in [0.1, 0.15) is 11.9 Å². The van der Waals surface area contributed by atoms with Crippen LogP contribution in [0.3, 0.4) is 0 Å². The lowest BCUT2D eigenvalue weighted by atomic mass is 9.92. The third-order valence-electron chi connectivity index (χ3n) is 3.77. The van der Waals surface area contributed by atoms with Crippen LogP contribution in [-0.2, 0) is 0 Å². The van der Waals surface area contributed by atoms with Crippen molar-refractivity contribution in [2.45, 2.75) is 6.10 Å². The molecule has 0 fully saturated rings. The van der Waals surface area contributed by atoms with E-state index in [1.165, 1.54) is 0 Å². The molecule has 0 radical (unpaired) electrons. The molecule has 0 saturated heterocycles. The summed E-state index contributed by atoms with van der Waals surface area (Å²) < 4.78 is 5.71. The summed E-state index contributed by atoms with van der Waals surface area (Å²) in [5.41, 5.74) is 2.21. The van der Waals surface area contributed by atoms with E-state index in [9.17, 15) is 5.11 Å². The Morgan fingerprint density at radius 3 is 2.59 bits per heavy atom. The van der Waals surface area contributed by atoms with Crippen LogP contribution in [0.1, 0.15) is 17.4 Å². The van der Waals surface area contributed by atoms with Crippen LogP contribution in [0.4, 0.5) is 4.70 Å². The predicted molar refractivity (Wildman–Crippen MR) is 84.3 cm³/mol. The fraction of sp³-hybridized carbons (Fsp3) is 0.0556. The Morgan fingerprint density at radius 1 is 0.955 bits per heavy atom. The Labute approximate surface area is 126 Å². The second-order valence-electron chi connectivity index (χ2n) is 5.01. The molecule has 0 bridgehead atoms. The van der Waals surface area contributed by atoms with Crippen LogP contribution >= 0.6 is 0 Å². The van der Waals surface area contributed by atoms with Crippen molar-refractivity contribution in [1.82, 2.24) is 4.98 Å². The first kappa shape index (κ1) is 14.2. The predicted octanol–water partition coefficient (Wildman–Crippen LogP) is 3.85. The number of nitrogens with zero attached hydrogens (tertiary/aromatic N) is 1. The number of aromatic nitrogens is 1. The van der Waals surface area contributed by atoms with Gasteiger partial charge in [0, 0.05) is 17.3 Å². The number of benzene rings is 2. The Bertz CT molecular complexity index is 846. The summed E-state index contributed by atoms with van der Waals surface area (Å²) in [6.07, 6.45) is 2.56. The molecule has 0 aliphatic carbocycles. The lowest BCUT2D eigenvalue weighted by Crippen LogP contribution is -2.10. The summed E-state index contributed by atoms with van der Waals surface area (Å²) in [5, 5.41) is 12.9. The van der Waals surface area contributed by atoms with Gasteiger partial charge < -0.3 is 9.84 Å². The molecule has 2 aromatic carbocycles. The summed E-state index contributed by atoms with van der Waals surface area (Å²) in [4.78, 5) is 4.30. The second-order valence-corrected chi connectivity index (χ2v) is 5.01. The molecular weight excluding hydrogens is 281 g/mol. The van der Waals surface area contributed by atoms with Gasteiger partial charge >= 0.3 is 0 Å². The summed E-state index contributed by atoms with van der Waals surface area (Å²) in [6.45, 7) is 0. The summed E-state index contributed by atoms with van der Waals surface area (Å²) in [7, 11) is 0. The molecule has 1 aliphatic rings. The van der Waals surface area contributed by atoms with Crippen LogP contribution < -0.4 is 4.74 Å². The van der Waals surface area contributed by atoms with Crippen molar-refractivity contribution >= 4 is 16.3 Å². The number of hydrogen-bond acceptors (Lipinski definition) is 3. The maximum absolute atomic E-state index is 10.8. The van der Waals surface area contributed by atoms with Gasteiger partial charge in [0.25, 0.3) is 0 Å². The summed E-state index contributed by atoms with van der Waals surface area (Å²) >= 11 is 0. The molecule has 0 amide bonds. The number of aliphatic hydroxyl groups is 1. The van der Waals surface area contributed by atoms with Gasteiger partial charge in [0.15, 0.2) is 0 Å². The average molecular weight is 295 g/mol. The van der Waals surface area contributed by atoms with Gasteiger partial charge in [-0.15, -0.1) is 0 Å². The highest BCUT2D eigenvalue weighted by atomic mass is 19.0. The van der Waals surface area contributed by atoms with Gasteiger partial charge in [0.2, 0.25) is 0 Å². The molecule has 22 heavy (non-hydrogen) atoms. The fourth-order valence-electron chi connectivity index (χ4n) is 2.74. The van der Waals surface area contributed by atoms with Crippen molar-refractivity contribution in [1.29, 1.82) is 0 Å². The van der Waals surface area contributed by atoms with Crippen molar-refractivity contribution < 1.29 is 14.5 Å². The van der Waals surface area contributed by atoms with Crippen molar-refractivity contribution in [2.24, 2.45) is 0 Å². The van der Waals surface area contributed by atoms with E-state index in [1.54, 1.807) is 12.5 Å². The van der Waals surface area contributed by atoms with E-state index < -0.39 is 6.10 Å². The second kappa shape index (κ2) is 5.58. The molecule has 3 aromatic rings. The monoisotopic (exact) mass is 295 g/mol. The lowest BCUT2D eigenvalue weighted by Gasteiger charge is -2.24. The highest BCUT2D eigenvalue weighted by molar-refractivity contribution is 5.91. The first-order chi connectivity index (χ1) is 10.3. The zero-order valence-corrected chi connectivity index (χ0v) is 11.6. The summed E-state index contributed by atoms with van der Waals surface area (Å²) in [5.74, 6) is 0.695. The minimum Gasteiger partial charge on any atom is -0.464 e. The van der Waals surface area contributed by atoms with Gasteiger partial charge in [-0.3, -0.25) is 9.69 Å². The van der Waals surface area contributed by atoms with E-state index >= 15 is 0 Å². The smallest absolute Gasteiger partial charge is 0.133 e. The number of fused-ring (bicyclic) bond motifs is 3. The molecule has 1 unspecified atom stereocenters. The SMILES string of the molecule is F.OC1C(c2ccccn2)=COc2ccc3ccccc3c21. The fourth-order valence-corrected chi connectivity index (χ4v) is 2.74. The largest absolute Gasteiger partial charge is 0.464 e. The molecule has 1 N–H and O–H groups in total. The quantitative estimate of drug-likeness (QED) is 0.741. The molecule has 0 spiro atoms. The van der Waals surface area contributed by atoms with E-state index in [0.29, 0.717) is 11.3 Å². The topological polar surface area (TPSA) is 42.4 Å². The molecule has 3 nitrogen and oxygen atoms in total. The van der Waals surface area contributed by atoms with Crippen LogP contribution in [-0.4, -0.2) is 10.1 Å². The zero-order valence-electron chi connectivity index (χ0n) is 11.6. The Balaban J connectivity index is 0.00000144. The maximum atomic E-state index is 10.8. The van der Waals surface area contributed by atoms with Gasteiger partial charge in [-0.25, -0.2) is 0 Å². The van der Waals surface area contributed by atoms with Gasteiger partial charge in [0.05, 0.1) is 12.0 Å². The van der Waals surface area contributed by atoms with Gasteiger partial charge in [-0.05, 0) is 29.0 Å². The Kier molecular flexibility index (Phi) is 3.61. The number of pyridine rings is 1. The normalized spacial score (nSPS) is 16.2. The highest BCUT2D eigenvalue weighted by Crippen LogP contribution is 2.42. The molecule has 2 heterocycles. The molecule has 4 rings (SSSR count). The number of halogens is 1. The van der Waals surface area contributed by atoms with E-state index in [2.05, 4.69) is 4.98 Å². The Hall–Kier alpha value is -2.72. The van der Waals surface area contributed by atoms with E-state index in [-0.39, 0.29) is 4.70 Å². The van der Waals surface area contributed by atoms with Crippen molar-refractivity contribution in [2.75, 3.05) is 0 Å². The average Bonchev–Trinajstić information content (AvgIpc) is 2.55. The van der Waals surface area contributed by atoms with Crippen molar-refractivity contribution in [3.05, 3.63) is 78.3 Å². The third kappa shape index (κ3) is 2.14. The Morgan fingerprint density at radius 2 is 1.77 bits per heavy atom. The highest BCUT2D eigenvalue weighted by Gasteiger charge is 2.26.